The lowest BCUT2D eigenvalue weighted by molar-refractivity contribution is 0.101. The van der Waals surface area contributed by atoms with Crippen LogP contribution in [-0.4, -0.2) is 10.9 Å². The molecule has 1 heterocycles. The lowest BCUT2D eigenvalue weighted by Crippen LogP contribution is -1.99. The Bertz CT molecular complexity index is 577. The van der Waals surface area contributed by atoms with E-state index in [9.17, 15) is 9.18 Å². The third-order valence-corrected chi connectivity index (χ3v) is 2.39. The van der Waals surface area contributed by atoms with E-state index in [0.29, 0.717) is 17.0 Å². The monoisotopic (exact) mass is 249 g/mol. The molecule has 18 heavy (non-hydrogen) atoms. The molecular weight excluding hydrogens is 237 g/mol. The summed E-state index contributed by atoms with van der Waals surface area (Å²) in [7, 11) is 0. The summed E-state index contributed by atoms with van der Waals surface area (Å²) >= 11 is 0. The Morgan fingerprint density at radius 1 is 1.44 bits per heavy atom. The number of ether oxygens (including phenoxy) is 1. The zero-order valence-corrected chi connectivity index (χ0v) is 10.1. The zero-order valence-electron chi connectivity index (χ0n) is 10.1. The number of hydrogen-bond donors (Lipinski definition) is 0. The summed E-state index contributed by atoms with van der Waals surface area (Å²) in [5.74, 6) is -0.00264. The molecule has 94 valence electrons. The minimum Gasteiger partial charge on any atom is -0.484 e. The highest BCUT2D eigenvalue weighted by Crippen LogP contribution is 2.19. The lowest BCUT2D eigenvalue weighted by atomic mass is 10.1. The SMILES string of the molecule is CC(=O)c1ccc(OCc2cc(C)on2)c(F)c1. The van der Waals surface area contributed by atoms with E-state index < -0.39 is 5.82 Å². The average molecular weight is 249 g/mol. The smallest absolute Gasteiger partial charge is 0.165 e. The summed E-state index contributed by atoms with van der Waals surface area (Å²) in [6.45, 7) is 3.26. The van der Waals surface area contributed by atoms with Crippen LogP contribution in [0.5, 0.6) is 5.75 Å². The van der Waals surface area contributed by atoms with Crippen LogP contribution in [-0.2, 0) is 6.61 Å². The topological polar surface area (TPSA) is 52.3 Å². The molecule has 0 spiro atoms. The van der Waals surface area contributed by atoms with Gasteiger partial charge >= 0.3 is 0 Å². The summed E-state index contributed by atoms with van der Waals surface area (Å²) < 4.78 is 23.7. The third kappa shape index (κ3) is 2.74. The summed E-state index contributed by atoms with van der Waals surface area (Å²) in [4.78, 5) is 11.1. The molecule has 0 saturated carbocycles. The Kier molecular flexibility index (Phi) is 3.41. The van der Waals surface area contributed by atoms with Crippen molar-refractivity contribution in [1.29, 1.82) is 0 Å². The van der Waals surface area contributed by atoms with Gasteiger partial charge in [0.05, 0.1) is 0 Å². The van der Waals surface area contributed by atoms with Gasteiger partial charge in [-0.05, 0) is 32.0 Å². The second kappa shape index (κ2) is 5.00. The molecule has 0 N–H and O–H groups in total. The first kappa shape index (κ1) is 12.3. The molecule has 0 atom stereocenters. The van der Waals surface area contributed by atoms with E-state index in [1.54, 1.807) is 13.0 Å². The number of ketones is 1. The number of rotatable bonds is 4. The number of benzene rings is 1. The highest BCUT2D eigenvalue weighted by molar-refractivity contribution is 5.94. The molecule has 1 aromatic carbocycles. The number of halogens is 1. The van der Waals surface area contributed by atoms with Crippen molar-refractivity contribution in [3.63, 3.8) is 0 Å². The largest absolute Gasteiger partial charge is 0.484 e. The Morgan fingerprint density at radius 2 is 2.22 bits per heavy atom. The van der Waals surface area contributed by atoms with Crippen molar-refractivity contribution in [2.24, 2.45) is 0 Å². The van der Waals surface area contributed by atoms with Gasteiger partial charge < -0.3 is 9.26 Å². The third-order valence-electron chi connectivity index (χ3n) is 2.39. The van der Waals surface area contributed by atoms with Crippen LogP contribution in [0.2, 0.25) is 0 Å². The molecule has 2 rings (SSSR count). The van der Waals surface area contributed by atoms with Crippen LogP contribution in [0.1, 0.15) is 28.7 Å². The molecule has 5 heteroatoms. The van der Waals surface area contributed by atoms with Gasteiger partial charge in [0.2, 0.25) is 0 Å². The predicted molar refractivity (Wildman–Crippen MR) is 62.0 cm³/mol. The van der Waals surface area contributed by atoms with Crippen LogP contribution in [0.3, 0.4) is 0 Å². The predicted octanol–water partition coefficient (Wildman–Crippen LogP) is 2.90. The second-order valence-corrected chi connectivity index (χ2v) is 3.92. The maximum Gasteiger partial charge on any atom is 0.165 e. The van der Waals surface area contributed by atoms with Gasteiger partial charge in [-0.3, -0.25) is 4.79 Å². The molecule has 1 aromatic heterocycles. The second-order valence-electron chi connectivity index (χ2n) is 3.92. The average Bonchev–Trinajstić information content (AvgIpc) is 2.73. The van der Waals surface area contributed by atoms with Crippen LogP contribution in [0, 0.1) is 12.7 Å². The molecule has 0 bridgehead atoms. The van der Waals surface area contributed by atoms with Crippen molar-refractivity contribution in [3.8, 4) is 5.75 Å². The highest BCUT2D eigenvalue weighted by Gasteiger charge is 2.08. The van der Waals surface area contributed by atoms with Gasteiger partial charge in [0, 0.05) is 11.6 Å². The van der Waals surface area contributed by atoms with E-state index in [4.69, 9.17) is 9.26 Å². The molecule has 0 unspecified atom stereocenters. The Morgan fingerprint density at radius 3 is 2.78 bits per heavy atom. The Hall–Kier alpha value is -2.17. The molecule has 0 radical (unpaired) electrons. The molecule has 0 aliphatic carbocycles. The lowest BCUT2D eigenvalue weighted by Gasteiger charge is -2.05. The minimum atomic E-state index is -0.567. The summed E-state index contributed by atoms with van der Waals surface area (Å²) in [6, 6.07) is 5.82. The minimum absolute atomic E-state index is 0.0839. The van der Waals surface area contributed by atoms with Crippen molar-refractivity contribution in [2.45, 2.75) is 20.5 Å². The van der Waals surface area contributed by atoms with Gasteiger partial charge in [-0.2, -0.15) is 0 Å². The standard InChI is InChI=1S/C13H12FNO3/c1-8-5-11(15-18-8)7-17-13-4-3-10(9(2)16)6-12(13)14/h3-6H,7H2,1-2H3. The van der Waals surface area contributed by atoms with Gasteiger partial charge in [0.25, 0.3) is 0 Å². The van der Waals surface area contributed by atoms with Gasteiger partial charge in [-0.15, -0.1) is 0 Å². The van der Waals surface area contributed by atoms with Crippen LogP contribution in [0.15, 0.2) is 28.8 Å². The van der Waals surface area contributed by atoms with Gasteiger partial charge in [-0.1, -0.05) is 5.16 Å². The van der Waals surface area contributed by atoms with E-state index in [0.717, 1.165) is 6.07 Å². The fraction of sp³-hybridized carbons (Fsp3) is 0.231. The number of aryl methyl sites for hydroxylation is 1. The summed E-state index contributed by atoms with van der Waals surface area (Å²) in [5, 5.41) is 3.73. The van der Waals surface area contributed by atoms with E-state index >= 15 is 0 Å². The van der Waals surface area contributed by atoms with Gasteiger partial charge in [0.15, 0.2) is 17.3 Å². The van der Waals surface area contributed by atoms with Crippen LogP contribution >= 0.6 is 0 Å². The van der Waals surface area contributed by atoms with Crippen molar-refractivity contribution >= 4 is 5.78 Å². The zero-order chi connectivity index (χ0) is 13.1. The molecule has 0 amide bonds. The number of carbonyl (C=O) groups is 1. The van der Waals surface area contributed by atoms with Gasteiger partial charge in [0.1, 0.15) is 18.1 Å². The Balaban J connectivity index is 2.08. The van der Waals surface area contributed by atoms with E-state index in [-0.39, 0.29) is 18.1 Å². The maximum atomic E-state index is 13.6. The molecule has 0 fully saturated rings. The number of nitrogens with zero attached hydrogens (tertiary/aromatic N) is 1. The number of Topliss-reactive ketones (excluding diaryl/α,β-unsaturated/α-hetero) is 1. The highest BCUT2D eigenvalue weighted by atomic mass is 19.1. The molecule has 4 nitrogen and oxygen atoms in total. The molecule has 0 saturated heterocycles. The molecule has 2 aromatic rings. The molecule has 0 aliphatic heterocycles. The first-order valence-electron chi connectivity index (χ1n) is 5.42. The molecule has 0 aliphatic rings. The van der Waals surface area contributed by atoms with E-state index in [2.05, 4.69) is 5.16 Å². The van der Waals surface area contributed by atoms with Crippen molar-refractivity contribution in [3.05, 3.63) is 47.1 Å². The first-order valence-corrected chi connectivity index (χ1v) is 5.42. The van der Waals surface area contributed by atoms with Crippen LogP contribution in [0.4, 0.5) is 4.39 Å². The van der Waals surface area contributed by atoms with Crippen molar-refractivity contribution in [1.82, 2.24) is 5.16 Å². The fourth-order valence-electron chi connectivity index (χ4n) is 1.47. The molecular formula is C13H12FNO3. The first-order chi connectivity index (χ1) is 8.56. The van der Waals surface area contributed by atoms with Crippen LogP contribution in [0.25, 0.3) is 0 Å². The quantitative estimate of drug-likeness (QED) is 0.782. The number of hydrogen-bond acceptors (Lipinski definition) is 4. The van der Waals surface area contributed by atoms with E-state index in [1.165, 1.54) is 19.1 Å². The maximum absolute atomic E-state index is 13.6. The normalized spacial score (nSPS) is 10.4. The summed E-state index contributed by atoms with van der Waals surface area (Å²) in [5.41, 5.74) is 0.902. The van der Waals surface area contributed by atoms with E-state index in [1.807, 2.05) is 0 Å². The van der Waals surface area contributed by atoms with Crippen molar-refractivity contribution in [2.75, 3.05) is 0 Å². The Labute approximate surface area is 103 Å². The number of aromatic nitrogens is 1. The van der Waals surface area contributed by atoms with Gasteiger partial charge in [-0.25, -0.2) is 4.39 Å². The summed E-state index contributed by atoms with van der Waals surface area (Å²) in [6.07, 6.45) is 0. The fourth-order valence-corrected chi connectivity index (χ4v) is 1.47. The number of carbonyl (C=O) groups excluding carboxylic acids is 1. The van der Waals surface area contributed by atoms with Crippen molar-refractivity contribution < 1.29 is 18.4 Å². The van der Waals surface area contributed by atoms with Crippen LogP contribution < -0.4 is 4.74 Å².